The number of ether oxygens (including phenoxy) is 3. The molecule has 1 saturated heterocycles. The van der Waals surface area contributed by atoms with Crippen molar-refractivity contribution in [1.82, 2.24) is 20.2 Å². The lowest BCUT2D eigenvalue weighted by molar-refractivity contribution is -0.286. The van der Waals surface area contributed by atoms with Gasteiger partial charge in [-0.25, -0.2) is 18.7 Å². The van der Waals surface area contributed by atoms with Crippen molar-refractivity contribution in [3.8, 4) is 17.4 Å². The molecule has 2 aliphatic heterocycles. The summed E-state index contributed by atoms with van der Waals surface area (Å²) in [7, 11) is 3.21. The molecular formula is C24H25F4N5O4S. The van der Waals surface area contributed by atoms with Crippen LogP contribution in [0.25, 0.3) is 10.2 Å². The molecule has 204 valence electrons. The van der Waals surface area contributed by atoms with E-state index in [1.165, 1.54) is 25.4 Å². The van der Waals surface area contributed by atoms with E-state index in [2.05, 4.69) is 30.1 Å². The number of nitrogens with zero attached hydrogens (tertiary/aromatic N) is 3. The van der Waals surface area contributed by atoms with Gasteiger partial charge in [0, 0.05) is 49.9 Å². The highest BCUT2D eigenvalue weighted by atomic mass is 32.1. The number of hydrogen-bond donors (Lipinski definition) is 2. The summed E-state index contributed by atoms with van der Waals surface area (Å²) in [5, 5.41) is 5.92. The molecule has 1 amide bonds. The fourth-order valence-corrected chi connectivity index (χ4v) is 5.52. The molecule has 14 heteroatoms. The zero-order chi connectivity index (χ0) is 27.2. The first-order valence-electron chi connectivity index (χ1n) is 11.8. The lowest BCUT2D eigenvalue weighted by Crippen LogP contribution is -2.52. The van der Waals surface area contributed by atoms with E-state index in [0.717, 1.165) is 11.3 Å². The summed E-state index contributed by atoms with van der Waals surface area (Å²) in [4.78, 5) is 23.2. The van der Waals surface area contributed by atoms with Gasteiger partial charge in [0.2, 0.25) is 11.8 Å². The fraction of sp³-hybridized carbons (Fsp3) is 0.458. The largest absolute Gasteiger partial charge is 0.586 e. The number of alkyl halides is 4. The monoisotopic (exact) mass is 555 g/mol. The van der Waals surface area contributed by atoms with Crippen molar-refractivity contribution in [2.24, 2.45) is 0 Å². The Balaban J connectivity index is 1.30. The van der Waals surface area contributed by atoms with Gasteiger partial charge in [0.1, 0.15) is 0 Å². The molecule has 0 aliphatic carbocycles. The van der Waals surface area contributed by atoms with E-state index in [4.69, 9.17) is 4.74 Å². The van der Waals surface area contributed by atoms with Crippen molar-refractivity contribution in [3.05, 3.63) is 35.5 Å². The van der Waals surface area contributed by atoms with Crippen LogP contribution in [0.15, 0.2) is 24.4 Å². The predicted molar refractivity (Wildman–Crippen MR) is 131 cm³/mol. The van der Waals surface area contributed by atoms with Crippen LogP contribution in [-0.4, -0.2) is 66.3 Å². The highest BCUT2D eigenvalue weighted by Gasteiger charge is 2.47. The molecular weight excluding hydrogens is 530 g/mol. The number of piperidine rings is 1. The van der Waals surface area contributed by atoms with Crippen molar-refractivity contribution in [3.63, 3.8) is 0 Å². The van der Waals surface area contributed by atoms with E-state index in [0.29, 0.717) is 33.8 Å². The SMILES string of the molecule is CNCc1cc(C2CN(C(C)C(=O)Nc3nc4cc5c(cc4s3)OC(F)(F)O5)CCC2(F)F)cnc1OC. The van der Waals surface area contributed by atoms with Gasteiger partial charge in [-0.15, -0.1) is 8.78 Å². The van der Waals surface area contributed by atoms with Gasteiger partial charge >= 0.3 is 6.29 Å². The van der Waals surface area contributed by atoms with Gasteiger partial charge in [-0.2, -0.15) is 0 Å². The number of pyridine rings is 1. The second kappa shape index (κ2) is 9.82. The third-order valence-electron chi connectivity index (χ3n) is 6.64. The van der Waals surface area contributed by atoms with Gasteiger partial charge in [0.15, 0.2) is 16.6 Å². The van der Waals surface area contributed by atoms with Crippen LogP contribution in [0.1, 0.15) is 30.4 Å². The fourth-order valence-electron chi connectivity index (χ4n) is 4.64. The Morgan fingerprint density at radius 3 is 2.71 bits per heavy atom. The number of carbonyl (C=O) groups is 1. The highest BCUT2D eigenvalue weighted by Crippen LogP contribution is 2.45. The van der Waals surface area contributed by atoms with Crippen LogP contribution in [0.2, 0.25) is 0 Å². The number of carbonyl (C=O) groups excluding carboxylic acids is 1. The maximum atomic E-state index is 15.0. The van der Waals surface area contributed by atoms with Crippen LogP contribution in [-0.2, 0) is 11.3 Å². The Hall–Kier alpha value is -3.23. The minimum Gasteiger partial charge on any atom is -0.481 e. The number of aromatic nitrogens is 2. The molecule has 2 atom stereocenters. The molecule has 0 bridgehead atoms. The van der Waals surface area contributed by atoms with Crippen LogP contribution >= 0.6 is 11.3 Å². The van der Waals surface area contributed by atoms with Crippen molar-refractivity contribution in [1.29, 1.82) is 0 Å². The normalized spacial score (nSPS) is 20.9. The summed E-state index contributed by atoms with van der Waals surface area (Å²) >= 11 is 1.07. The average molecular weight is 556 g/mol. The number of halogens is 4. The van der Waals surface area contributed by atoms with Gasteiger partial charge in [-0.05, 0) is 25.6 Å². The van der Waals surface area contributed by atoms with E-state index in [1.54, 1.807) is 24.9 Å². The lowest BCUT2D eigenvalue weighted by Gasteiger charge is -2.40. The van der Waals surface area contributed by atoms with Crippen LogP contribution < -0.4 is 24.8 Å². The molecule has 9 nitrogen and oxygen atoms in total. The third kappa shape index (κ3) is 5.07. The quantitative estimate of drug-likeness (QED) is 0.419. The number of anilines is 1. The second-order valence-electron chi connectivity index (χ2n) is 9.14. The number of amides is 1. The molecule has 5 rings (SSSR count). The number of likely N-dealkylation sites (tertiary alicyclic amines) is 1. The molecule has 2 aliphatic rings. The van der Waals surface area contributed by atoms with Crippen LogP contribution in [0.3, 0.4) is 0 Å². The zero-order valence-corrected chi connectivity index (χ0v) is 21.5. The van der Waals surface area contributed by atoms with Crippen molar-refractivity contribution in [2.75, 3.05) is 32.6 Å². The van der Waals surface area contributed by atoms with Gasteiger partial charge < -0.3 is 24.8 Å². The number of rotatable bonds is 7. The highest BCUT2D eigenvalue weighted by molar-refractivity contribution is 7.22. The third-order valence-corrected chi connectivity index (χ3v) is 7.57. The van der Waals surface area contributed by atoms with E-state index in [1.807, 2.05) is 0 Å². The summed E-state index contributed by atoms with van der Waals surface area (Å²) in [5.74, 6) is -4.48. The molecule has 2 unspecified atom stereocenters. The molecule has 4 heterocycles. The number of benzene rings is 1. The number of nitrogens with one attached hydrogen (secondary N) is 2. The second-order valence-corrected chi connectivity index (χ2v) is 10.2. The molecule has 0 saturated carbocycles. The first-order valence-corrected chi connectivity index (χ1v) is 12.6. The summed E-state index contributed by atoms with van der Waals surface area (Å²) in [6.45, 7) is 2.02. The van der Waals surface area contributed by atoms with E-state index < -0.39 is 36.5 Å². The van der Waals surface area contributed by atoms with Crippen molar-refractivity contribution < 1.29 is 36.6 Å². The van der Waals surface area contributed by atoms with E-state index >= 15 is 8.78 Å². The van der Waals surface area contributed by atoms with Crippen LogP contribution in [0.5, 0.6) is 17.4 Å². The molecule has 0 radical (unpaired) electrons. The standard InChI is InChI=1S/C24H25F4N5O4S/c1-12(20(34)32-22-31-16-7-17-18(8-19(16)38-22)37-24(27,28)36-17)33-5-4-23(25,26)15(11-33)13-6-14(9-29-2)21(35-3)30-10-13/h6-8,10,12,15,29H,4-5,9,11H2,1-3H3,(H,31,32,34). The van der Waals surface area contributed by atoms with Gasteiger partial charge in [0.05, 0.1) is 29.3 Å². The predicted octanol–water partition coefficient (Wildman–Crippen LogP) is 4.19. The topological polar surface area (TPSA) is 97.8 Å². The van der Waals surface area contributed by atoms with Gasteiger partial charge in [-0.3, -0.25) is 9.69 Å². The number of methoxy groups -OCH3 is 1. The molecule has 2 aromatic heterocycles. The lowest BCUT2D eigenvalue weighted by atomic mass is 9.86. The van der Waals surface area contributed by atoms with E-state index in [-0.39, 0.29) is 29.7 Å². The molecule has 1 fully saturated rings. The maximum absolute atomic E-state index is 15.0. The van der Waals surface area contributed by atoms with Crippen LogP contribution in [0, 0.1) is 0 Å². The average Bonchev–Trinajstić information content (AvgIpc) is 3.38. The number of hydrogen-bond acceptors (Lipinski definition) is 9. The summed E-state index contributed by atoms with van der Waals surface area (Å²) in [5.41, 5.74) is 1.38. The maximum Gasteiger partial charge on any atom is 0.586 e. The zero-order valence-electron chi connectivity index (χ0n) is 20.7. The smallest absolute Gasteiger partial charge is 0.481 e. The minimum absolute atomic E-state index is 0.0283. The van der Waals surface area contributed by atoms with Crippen LogP contribution in [0.4, 0.5) is 22.7 Å². The Kier molecular flexibility index (Phi) is 6.82. The summed E-state index contributed by atoms with van der Waals surface area (Å²) < 4.78 is 71.3. The van der Waals surface area contributed by atoms with Gasteiger partial charge in [0.25, 0.3) is 5.92 Å². The summed E-state index contributed by atoms with van der Waals surface area (Å²) in [6.07, 6.45) is -2.76. The molecule has 2 N–H and O–H groups in total. The van der Waals surface area contributed by atoms with Crippen molar-refractivity contribution in [2.45, 2.75) is 44.1 Å². The Morgan fingerprint density at radius 1 is 1.26 bits per heavy atom. The molecule has 0 spiro atoms. The first-order chi connectivity index (χ1) is 18.0. The molecule has 1 aromatic carbocycles. The Bertz CT molecular complexity index is 1330. The Labute approximate surface area is 219 Å². The van der Waals surface area contributed by atoms with E-state index in [9.17, 15) is 13.6 Å². The molecule has 3 aromatic rings. The minimum atomic E-state index is -3.74. The summed E-state index contributed by atoms with van der Waals surface area (Å²) in [6, 6.07) is 3.60. The first kappa shape index (κ1) is 26.4. The number of fused-ring (bicyclic) bond motifs is 2. The molecule has 38 heavy (non-hydrogen) atoms. The van der Waals surface area contributed by atoms with Gasteiger partial charge in [-0.1, -0.05) is 11.3 Å². The van der Waals surface area contributed by atoms with Crippen molar-refractivity contribution >= 4 is 32.6 Å². The Morgan fingerprint density at radius 2 is 2.00 bits per heavy atom. The number of thiazole rings is 1.